The molecule has 1 atom stereocenters. The van der Waals surface area contributed by atoms with Crippen LogP contribution in [0.1, 0.15) is 83.4 Å². The van der Waals surface area contributed by atoms with Gasteiger partial charge in [-0.15, -0.1) is 0 Å². The van der Waals surface area contributed by atoms with Crippen molar-refractivity contribution in [2.24, 2.45) is 0 Å². The molecule has 0 radical (unpaired) electrons. The topological polar surface area (TPSA) is 27.7 Å². The van der Waals surface area contributed by atoms with Crippen LogP contribution in [-0.4, -0.2) is 28.6 Å². The summed E-state index contributed by atoms with van der Waals surface area (Å²) in [4.78, 5) is 0. The summed E-state index contributed by atoms with van der Waals surface area (Å²) in [6.07, 6.45) is 4.07. The Morgan fingerprint density at radius 2 is 1.42 bits per heavy atom. The molecule has 0 aliphatic rings. The minimum Gasteiger partial charge on any atom is -0.496 e. The third-order valence-electron chi connectivity index (χ3n) is 7.80. The van der Waals surface area contributed by atoms with Crippen LogP contribution in [0.3, 0.4) is 0 Å². The summed E-state index contributed by atoms with van der Waals surface area (Å²) in [5.74, 6) is 2.38. The molecule has 0 N–H and O–H groups in total. The smallest absolute Gasteiger partial charge is 0.261 e. The summed E-state index contributed by atoms with van der Waals surface area (Å²) in [7, 11) is -0.751. The van der Waals surface area contributed by atoms with Gasteiger partial charge in [0.1, 0.15) is 11.5 Å². The molecule has 206 valence electrons. The predicted octanol–water partition coefficient (Wildman–Crippen LogP) is 7.82. The summed E-state index contributed by atoms with van der Waals surface area (Å²) >= 11 is 0. The first-order chi connectivity index (χ1) is 18.2. The molecule has 3 rings (SSSR count). The lowest BCUT2D eigenvalue weighted by molar-refractivity contribution is 0.281. The van der Waals surface area contributed by atoms with E-state index in [1.54, 1.807) is 7.11 Å². The van der Waals surface area contributed by atoms with Crippen LogP contribution in [0, 0.1) is 6.92 Å². The number of rotatable bonds is 13. The zero-order valence-electron chi connectivity index (χ0n) is 24.9. The first-order valence-corrected chi connectivity index (χ1v) is 16.2. The standard InChI is InChI=1S/C34H48O3Si/c1-9-27(31-25-28(10-2)32(35-8)26(4)33(31)36-11-3)19-18-24-37-38(34(5,6)7,29-20-14-12-15-21-29)30-22-16-13-17-23-30/h12-17,20-23,25,27H,9-11,18-19,24H2,1-8H3. The Kier molecular flexibility index (Phi) is 10.6. The van der Waals surface area contributed by atoms with Crippen LogP contribution in [-0.2, 0) is 10.8 Å². The molecule has 0 heterocycles. The van der Waals surface area contributed by atoms with Gasteiger partial charge in [-0.2, -0.15) is 0 Å². The fourth-order valence-electron chi connectivity index (χ4n) is 5.96. The van der Waals surface area contributed by atoms with Gasteiger partial charge >= 0.3 is 0 Å². The molecule has 38 heavy (non-hydrogen) atoms. The third kappa shape index (κ3) is 6.18. The van der Waals surface area contributed by atoms with Crippen molar-refractivity contribution in [1.29, 1.82) is 0 Å². The third-order valence-corrected chi connectivity index (χ3v) is 12.8. The van der Waals surface area contributed by atoms with Gasteiger partial charge in [-0.1, -0.05) is 95.3 Å². The first-order valence-electron chi connectivity index (χ1n) is 14.3. The highest BCUT2D eigenvalue weighted by Gasteiger charge is 2.49. The summed E-state index contributed by atoms with van der Waals surface area (Å²) < 4.78 is 19.2. The molecule has 0 aromatic heterocycles. The van der Waals surface area contributed by atoms with E-state index in [1.165, 1.54) is 21.5 Å². The van der Waals surface area contributed by atoms with E-state index >= 15 is 0 Å². The van der Waals surface area contributed by atoms with Crippen LogP contribution in [0.5, 0.6) is 11.5 Å². The predicted molar refractivity (Wildman–Crippen MR) is 164 cm³/mol. The second kappa shape index (κ2) is 13.5. The lowest BCUT2D eigenvalue weighted by Crippen LogP contribution is -2.66. The fourth-order valence-corrected chi connectivity index (χ4v) is 10.6. The zero-order valence-corrected chi connectivity index (χ0v) is 25.9. The number of benzene rings is 3. The summed E-state index contributed by atoms with van der Waals surface area (Å²) in [5.41, 5.74) is 3.69. The Morgan fingerprint density at radius 3 is 1.87 bits per heavy atom. The van der Waals surface area contributed by atoms with E-state index in [9.17, 15) is 0 Å². The molecular weight excluding hydrogens is 484 g/mol. The first kappa shape index (κ1) is 30.0. The number of hydrogen-bond donors (Lipinski definition) is 0. The number of aryl methyl sites for hydroxylation is 1. The number of ether oxygens (including phenoxy) is 2. The molecule has 0 amide bonds. The maximum atomic E-state index is 7.17. The Balaban J connectivity index is 1.90. The van der Waals surface area contributed by atoms with Gasteiger partial charge < -0.3 is 13.9 Å². The Bertz CT molecular complexity index is 1100. The lowest BCUT2D eigenvalue weighted by Gasteiger charge is -2.43. The summed E-state index contributed by atoms with van der Waals surface area (Å²) in [6.45, 7) is 17.1. The fraction of sp³-hybridized carbons (Fsp3) is 0.471. The lowest BCUT2D eigenvalue weighted by atomic mass is 9.87. The van der Waals surface area contributed by atoms with E-state index in [-0.39, 0.29) is 5.04 Å². The van der Waals surface area contributed by atoms with E-state index in [0.717, 1.165) is 49.4 Å². The molecule has 3 nitrogen and oxygen atoms in total. The second-order valence-corrected chi connectivity index (χ2v) is 15.5. The molecule has 0 aliphatic heterocycles. The molecule has 3 aromatic rings. The average Bonchev–Trinajstić information content (AvgIpc) is 2.92. The van der Waals surface area contributed by atoms with Crippen LogP contribution >= 0.6 is 0 Å². The minimum atomic E-state index is -2.51. The second-order valence-electron chi connectivity index (χ2n) is 11.2. The quantitative estimate of drug-likeness (QED) is 0.166. The summed E-state index contributed by atoms with van der Waals surface area (Å²) in [6, 6.07) is 24.2. The Labute approximate surface area is 232 Å². The largest absolute Gasteiger partial charge is 0.496 e. The van der Waals surface area contributed by atoms with Crippen molar-refractivity contribution in [2.45, 2.75) is 85.1 Å². The molecule has 0 spiro atoms. The Hall–Kier alpha value is -2.56. The van der Waals surface area contributed by atoms with Crippen LogP contribution < -0.4 is 19.8 Å². The van der Waals surface area contributed by atoms with Gasteiger partial charge in [0, 0.05) is 12.2 Å². The van der Waals surface area contributed by atoms with E-state index in [0.29, 0.717) is 12.5 Å². The van der Waals surface area contributed by atoms with Gasteiger partial charge in [-0.3, -0.25) is 0 Å². The van der Waals surface area contributed by atoms with E-state index in [1.807, 2.05) is 0 Å². The maximum absolute atomic E-state index is 7.17. The number of hydrogen-bond acceptors (Lipinski definition) is 3. The highest BCUT2D eigenvalue weighted by Crippen LogP contribution is 2.42. The van der Waals surface area contributed by atoms with Gasteiger partial charge in [0.15, 0.2) is 0 Å². The monoisotopic (exact) mass is 532 g/mol. The summed E-state index contributed by atoms with van der Waals surface area (Å²) in [5, 5.41) is 2.66. The van der Waals surface area contributed by atoms with Crippen LogP contribution in [0.2, 0.25) is 5.04 Å². The van der Waals surface area contributed by atoms with Crippen molar-refractivity contribution in [3.05, 3.63) is 83.4 Å². The Morgan fingerprint density at radius 1 is 0.842 bits per heavy atom. The van der Waals surface area contributed by atoms with Gasteiger partial charge in [-0.25, -0.2) is 0 Å². The maximum Gasteiger partial charge on any atom is 0.261 e. The van der Waals surface area contributed by atoms with Crippen molar-refractivity contribution in [3.8, 4) is 11.5 Å². The van der Waals surface area contributed by atoms with E-state index in [2.05, 4.69) is 115 Å². The molecule has 4 heteroatoms. The van der Waals surface area contributed by atoms with Gasteiger partial charge in [-0.05, 0) is 78.1 Å². The van der Waals surface area contributed by atoms with Crippen LogP contribution in [0.25, 0.3) is 0 Å². The molecule has 0 saturated heterocycles. The molecule has 0 bridgehead atoms. The molecule has 0 aliphatic carbocycles. The highest BCUT2D eigenvalue weighted by molar-refractivity contribution is 6.99. The van der Waals surface area contributed by atoms with E-state index in [4.69, 9.17) is 13.9 Å². The average molecular weight is 533 g/mol. The van der Waals surface area contributed by atoms with Gasteiger partial charge in [0.05, 0.1) is 13.7 Å². The van der Waals surface area contributed by atoms with E-state index < -0.39 is 8.32 Å². The van der Waals surface area contributed by atoms with Crippen molar-refractivity contribution in [1.82, 2.24) is 0 Å². The molecule has 3 aromatic carbocycles. The number of methoxy groups -OCH3 is 1. The van der Waals surface area contributed by atoms with Crippen molar-refractivity contribution < 1.29 is 13.9 Å². The highest BCUT2D eigenvalue weighted by atomic mass is 28.4. The van der Waals surface area contributed by atoms with Crippen LogP contribution in [0.4, 0.5) is 0 Å². The molecule has 0 fully saturated rings. The SMILES string of the molecule is CCOc1c(C(CC)CCCO[Si](c2ccccc2)(c2ccccc2)C(C)(C)C)cc(CC)c(OC)c1C. The van der Waals surface area contributed by atoms with Crippen molar-refractivity contribution in [3.63, 3.8) is 0 Å². The molecular formula is C34H48O3Si. The minimum absolute atomic E-state index is 0.00881. The molecule has 1 unspecified atom stereocenters. The molecule has 0 saturated carbocycles. The van der Waals surface area contributed by atoms with Crippen molar-refractivity contribution in [2.75, 3.05) is 20.3 Å². The van der Waals surface area contributed by atoms with Crippen molar-refractivity contribution >= 4 is 18.7 Å². The normalized spacial score (nSPS) is 12.8. The zero-order chi connectivity index (χ0) is 27.8. The van der Waals surface area contributed by atoms with Crippen LogP contribution in [0.15, 0.2) is 66.7 Å². The van der Waals surface area contributed by atoms with Gasteiger partial charge in [0.25, 0.3) is 8.32 Å². The van der Waals surface area contributed by atoms with Gasteiger partial charge in [0.2, 0.25) is 0 Å².